The van der Waals surface area contributed by atoms with Crippen molar-refractivity contribution in [1.82, 2.24) is 4.98 Å². The molecule has 0 aliphatic rings. The van der Waals surface area contributed by atoms with E-state index in [9.17, 15) is 0 Å². The van der Waals surface area contributed by atoms with Gasteiger partial charge in [0.25, 0.3) is 0 Å². The van der Waals surface area contributed by atoms with E-state index in [1.165, 1.54) is 0 Å². The highest BCUT2D eigenvalue weighted by Gasteiger charge is 1.97. The Morgan fingerprint density at radius 2 is 1.70 bits per heavy atom. The number of ether oxygens (including phenoxy) is 4. The van der Waals surface area contributed by atoms with Gasteiger partial charge in [0, 0.05) is 19.7 Å². The molecule has 0 bridgehead atoms. The lowest BCUT2D eigenvalue weighted by Crippen LogP contribution is -2.12. The summed E-state index contributed by atoms with van der Waals surface area (Å²) in [7, 11) is 1.65. The third kappa shape index (κ3) is 7.93. The molecule has 0 unspecified atom stereocenters. The maximum absolute atomic E-state index is 5.55. The van der Waals surface area contributed by atoms with Crippen molar-refractivity contribution >= 4 is 5.69 Å². The molecule has 114 valence electrons. The lowest BCUT2D eigenvalue weighted by Gasteiger charge is -2.09. The first-order valence-corrected chi connectivity index (χ1v) is 6.83. The Bertz CT molecular complexity index is 350. The molecule has 0 radical (unpaired) electrons. The van der Waals surface area contributed by atoms with Gasteiger partial charge in [-0.2, -0.15) is 0 Å². The average Bonchev–Trinajstić information content (AvgIpc) is 2.46. The number of methoxy groups -OCH3 is 1. The molecule has 20 heavy (non-hydrogen) atoms. The second-order valence-electron chi connectivity index (χ2n) is 4.01. The molecule has 1 heterocycles. The van der Waals surface area contributed by atoms with Crippen LogP contribution in [0.3, 0.4) is 0 Å². The van der Waals surface area contributed by atoms with E-state index in [0.717, 1.165) is 18.0 Å². The fraction of sp³-hybridized carbons (Fsp3) is 0.643. The number of hydrogen-bond donors (Lipinski definition) is 1. The van der Waals surface area contributed by atoms with Crippen LogP contribution in [-0.4, -0.2) is 58.3 Å². The molecule has 0 atom stereocenters. The van der Waals surface area contributed by atoms with Crippen LogP contribution in [0.15, 0.2) is 18.5 Å². The predicted molar refractivity (Wildman–Crippen MR) is 77.4 cm³/mol. The van der Waals surface area contributed by atoms with Gasteiger partial charge in [0.1, 0.15) is 12.4 Å². The van der Waals surface area contributed by atoms with Crippen molar-refractivity contribution in [2.45, 2.75) is 6.92 Å². The molecule has 0 saturated carbocycles. The molecule has 1 N–H and O–H groups in total. The van der Waals surface area contributed by atoms with Crippen LogP contribution < -0.4 is 10.1 Å². The Kier molecular flexibility index (Phi) is 9.56. The number of hydrogen-bond acceptors (Lipinski definition) is 6. The Hall–Kier alpha value is -1.37. The molecule has 0 amide bonds. The first-order chi connectivity index (χ1) is 9.86. The molecular weight excluding hydrogens is 260 g/mol. The van der Waals surface area contributed by atoms with Crippen LogP contribution in [0.1, 0.15) is 6.92 Å². The van der Waals surface area contributed by atoms with Crippen LogP contribution in [-0.2, 0) is 14.2 Å². The quantitative estimate of drug-likeness (QED) is 0.588. The van der Waals surface area contributed by atoms with Crippen LogP contribution in [0.4, 0.5) is 5.69 Å². The van der Waals surface area contributed by atoms with Crippen LogP contribution in [0.5, 0.6) is 5.75 Å². The first kappa shape index (κ1) is 16.7. The molecule has 6 nitrogen and oxygen atoms in total. The van der Waals surface area contributed by atoms with E-state index in [4.69, 9.17) is 18.9 Å². The number of pyridine rings is 1. The summed E-state index contributed by atoms with van der Waals surface area (Å²) in [5, 5.41) is 3.18. The molecule has 0 aromatic carbocycles. The highest BCUT2D eigenvalue weighted by Crippen LogP contribution is 2.14. The van der Waals surface area contributed by atoms with Gasteiger partial charge in [0.15, 0.2) is 0 Å². The largest absolute Gasteiger partial charge is 0.489 e. The van der Waals surface area contributed by atoms with Crippen molar-refractivity contribution in [1.29, 1.82) is 0 Å². The van der Waals surface area contributed by atoms with Crippen molar-refractivity contribution in [3.8, 4) is 5.75 Å². The smallest absolute Gasteiger partial charge is 0.139 e. The number of nitrogens with zero attached hydrogens (tertiary/aromatic N) is 1. The van der Waals surface area contributed by atoms with E-state index >= 15 is 0 Å². The van der Waals surface area contributed by atoms with Gasteiger partial charge in [0.05, 0.1) is 51.1 Å². The van der Waals surface area contributed by atoms with Crippen LogP contribution >= 0.6 is 0 Å². The number of nitrogens with one attached hydrogen (secondary N) is 1. The third-order valence-electron chi connectivity index (χ3n) is 2.39. The SMILES string of the molecule is CCNc1cncc(OCCOCCOCCOC)c1. The standard InChI is InChI=1S/C14H24N2O4/c1-3-16-13-10-14(12-15-11-13)20-9-8-19-7-6-18-5-4-17-2/h10-12,16H,3-9H2,1-2H3. The monoisotopic (exact) mass is 284 g/mol. The third-order valence-corrected chi connectivity index (χ3v) is 2.39. The Balaban J connectivity index is 2.02. The summed E-state index contributed by atoms with van der Waals surface area (Å²) in [5.74, 6) is 0.739. The summed E-state index contributed by atoms with van der Waals surface area (Å²) < 4.78 is 21.1. The Labute approximate surface area is 120 Å². The fourth-order valence-electron chi connectivity index (χ4n) is 1.48. The van der Waals surface area contributed by atoms with E-state index in [2.05, 4.69) is 10.3 Å². The van der Waals surface area contributed by atoms with Gasteiger partial charge in [-0.15, -0.1) is 0 Å². The molecule has 0 aliphatic heterocycles. The van der Waals surface area contributed by atoms with Gasteiger partial charge < -0.3 is 24.3 Å². The van der Waals surface area contributed by atoms with Crippen molar-refractivity contribution in [3.05, 3.63) is 18.5 Å². The molecule has 0 spiro atoms. The van der Waals surface area contributed by atoms with Crippen molar-refractivity contribution in [2.24, 2.45) is 0 Å². The second kappa shape index (κ2) is 11.5. The molecule has 6 heteroatoms. The van der Waals surface area contributed by atoms with Crippen molar-refractivity contribution < 1.29 is 18.9 Å². The molecule has 0 saturated heterocycles. The minimum atomic E-state index is 0.495. The highest BCUT2D eigenvalue weighted by molar-refractivity contribution is 5.44. The van der Waals surface area contributed by atoms with E-state index in [1.807, 2.05) is 13.0 Å². The minimum absolute atomic E-state index is 0.495. The fourth-order valence-corrected chi connectivity index (χ4v) is 1.48. The molecule has 0 fully saturated rings. The van der Waals surface area contributed by atoms with Crippen LogP contribution in [0, 0.1) is 0 Å². The van der Waals surface area contributed by atoms with E-state index < -0.39 is 0 Å². The maximum atomic E-state index is 5.55. The Morgan fingerprint density at radius 3 is 2.40 bits per heavy atom. The zero-order valence-electron chi connectivity index (χ0n) is 12.3. The van der Waals surface area contributed by atoms with E-state index in [-0.39, 0.29) is 0 Å². The number of rotatable bonds is 12. The van der Waals surface area contributed by atoms with Gasteiger partial charge in [-0.25, -0.2) is 0 Å². The van der Waals surface area contributed by atoms with E-state index in [1.54, 1.807) is 19.5 Å². The van der Waals surface area contributed by atoms with Gasteiger partial charge in [-0.3, -0.25) is 4.98 Å². The second-order valence-corrected chi connectivity index (χ2v) is 4.01. The number of aromatic nitrogens is 1. The van der Waals surface area contributed by atoms with Gasteiger partial charge in [0.2, 0.25) is 0 Å². The number of anilines is 1. The summed E-state index contributed by atoms with van der Waals surface area (Å²) in [5.41, 5.74) is 0.956. The first-order valence-electron chi connectivity index (χ1n) is 6.83. The maximum Gasteiger partial charge on any atom is 0.139 e. The normalized spacial score (nSPS) is 10.5. The highest BCUT2D eigenvalue weighted by atomic mass is 16.6. The van der Waals surface area contributed by atoms with Gasteiger partial charge in [-0.1, -0.05) is 0 Å². The Morgan fingerprint density at radius 1 is 1.00 bits per heavy atom. The summed E-state index contributed by atoms with van der Waals surface area (Å²) in [4.78, 5) is 4.10. The van der Waals surface area contributed by atoms with Crippen molar-refractivity contribution in [3.63, 3.8) is 0 Å². The zero-order chi connectivity index (χ0) is 14.5. The minimum Gasteiger partial charge on any atom is -0.489 e. The molecule has 1 aromatic rings. The summed E-state index contributed by atoms with van der Waals surface area (Å²) in [6.07, 6.45) is 3.46. The summed E-state index contributed by atoms with van der Waals surface area (Å²) in [6, 6.07) is 1.92. The topological polar surface area (TPSA) is 61.8 Å². The predicted octanol–water partition coefficient (Wildman–Crippen LogP) is 1.57. The van der Waals surface area contributed by atoms with Crippen molar-refractivity contribution in [2.75, 3.05) is 58.6 Å². The van der Waals surface area contributed by atoms with Gasteiger partial charge in [-0.05, 0) is 6.92 Å². The summed E-state index contributed by atoms with van der Waals surface area (Å²) in [6.45, 7) is 6.25. The van der Waals surface area contributed by atoms with Crippen LogP contribution in [0.2, 0.25) is 0 Å². The zero-order valence-corrected chi connectivity index (χ0v) is 12.3. The lowest BCUT2D eigenvalue weighted by atomic mass is 10.4. The van der Waals surface area contributed by atoms with Gasteiger partial charge >= 0.3 is 0 Å². The molecule has 1 aromatic heterocycles. The summed E-state index contributed by atoms with van der Waals surface area (Å²) >= 11 is 0. The average molecular weight is 284 g/mol. The lowest BCUT2D eigenvalue weighted by molar-refractivity contribution is 0.0179. The molecule has 0 aliphatic carbocycles. The van der Waals surface area contributed by atoms with E-state index in [0.29, 0.717) is 39.6 Å². The molecular formula is C14H24N2O4. The van der Waals surface area contributed by atoms with Crippen LogP contribution in [0.25, 0.3) is 0 Å². The molecule has 1 rings (SSSR count).